The molecule has 0 bridgehead atoms. The Balaban J connectivity index is 1.54. The molecule has 2 aromatic carbocycles. The van der Waals surface area contributed by atoms with E-state index in [2.05, 4.69) is 5.32 Å². The smallest absolute Gasteiger partial charge is 0.332 e. The molecule has 1 fully saturated rings. The largest absolute Gasteiger partial charge is 0.494 e. The maximum atomic E-state index is 13.3. The highest BCUT2D eigenvalue weighted by Crippen LogP contribution is 2.29. The van der Waals surface area contributed by atoms with Crippen LogP contribution in [0.5, 0.6) is 5.75 Å². The predicted octanol–water partition coefficient (Wildman–Crippen LogP) is 4.35. The van der Waals surface area contributed by atoms with Gasteiger partial charge in [-0.25, -0.2) is 9.69 Å². The van der Waals surface area contributed by atoms with Crippen molar-refractivity contribution in [3.05, 3.63) is 78.3 Å². The highest BCUT2D eigenvalue weighted by Gasteiger charge is 2.47. The number of hydrogen-bond acceptors (Lipinski definition) is 5. The van der Waals surface area contributed by atoms with Gasteiger partial charge >= 0.3 is 6.03 Å². The third-order valence-corrected chi connectivity index (χ3v) is 5.31. The third kappa shape index (κ3) is 4.90. The molecule has 0 spiro atoms. The van der Waals surface area contributed by atoms with Crippen molar-refractivity contribution in [2.24, 2.45) is 0 Å². The van der Waals surface area contributed by atoms with Crippen molar-refractivity contribution in [3.63, 3.8) is 0 Å². The Bertz CT molecular complexity index is 1140. The molecule has 1 aliphatic heterocycles. The number of benzene rings is 2. The van der Waals surface area contributed by atoms with Gasteiger partial charge in [-0.1, -0.05) is 12.1 Å². The summed E-state index contributed by atoms with van der Waals surface area (Å²) in [7, 11) is 0. The molecule has 1 N–H and O–H groups in total. The zero-order chi connectivity index (χ0) is 23.4. The summed E-state index contributed by atoms with van der Waals surface area (Å²) in [4.78, 5) is 41.9. The maximum Gasteiger partial charge on any atom is 0.332 e. The second-order valence-corrected chi connectivity index (χ2v) is 7.73. The van der Waals surface area contributed by atoms with Gasteiger partial charge in [0.25, 0.3) is 5.91 Å². The van der Waals surface area contributed by atoms with Gasteiger partial charge in [0.2, 0.25) is 5.91 Å². The fourth-order valence-corrected chi connectivity index (χ4v) is 3.78. The topological polar surface area (TPSA) is 92.1 Å². The third-order valence-electron chi connectivity index (χ3n) is 5.31. The highest BCUT2D eigenvalue weighted by atomic mass is 16.5. The number of nitrogens with zero attached hydrogens (tertiary/aromatic N) is 2. The van der Waals surface area contributed by atoms with Gasteiger partial charge < -0.3 is 19.4 Å². The van der Waals surface area contributed by atoms with Crippen LogP contribution in [0.15, 0.2) is 71.3 Å². The van der Waals surface area contributed by atoms with Crippen molar-refractivity contribution in [2.75, 3.05) is 16.8 Å². The van der Waals surface area contributed by atoms with Crippen LogP contribution in [0.3, 0.4) is 0 Å². The summed E-state index contributed by atoms with van der Waals surface area (Å²) in [6, 6.07) is 16.1. The Morgan fingerprint density at radius 2 is 1.88 bits per heavy atom. The van der Waals surface area contributed by atoms with Crippen LogP contribution in [-0.2, 0) is 16.1 Å². The second kappa shape index (κ2) is 9.60. The molecule has 4 amide bonds. The molecule has 2 heterocycles. The molecular weight excluding hydrogens is 422 g/mol. The number of imide groups is 1. The van der Waals surface area contributed by atoms with Crippen molar-refractivity contribution in [1.29, 1.82) is 0 Å². The molecule has 170 valence electrons. The van der Waals surface area contributed by atoms with Crippen molar-refractivity contribution < 1.29 is 23.5 Å². The van der Waals surface area contributed by atoms with Crippen LogP contribution >= 0.6 is 0 Å². The first-order valence-electron chi connectivity index (χ1n) is 10.7. The van der Waals surface area contributed by atoms with Gasteiger partial charge in [-0.15, -0.1) is 0 Å². The average Bonchev–Trinajstić information content (AvgIpc) is 3.38. The summed E-state index contributed by atoms with van der Waals surface area (Å²) in [5.74, 6) is 0.407. The van der Waals surface area contributed by atoms with E-state index in [1.54, 1.807) is 54.6 Å². The Labute approximate surface area is 191 Å². The van der Waals surface area contributed by atoms with E-state index in [1.807, 2.05) is 19.9 Å². The molecule has 0 saturated carbocycles. The molecule has 33 heavy (non-hydrogen) atoms. The standard InChI is InChI=1S/C25H25N3O5/c1-3-32-20-11-9-18(10-12-20)26-23(29)15-22-24(30)28(19-7-4-6-17(2)14-19)25(31)27(22)16-21-8-5-13-33-21/h4-14,22H,3,15-16H2,1-2H3,(H,26,29)/t22-/m1/s1. The monoisotopic (exact) mass is 447 g/mol. The molecule has 0 aliphatic carbocycles. The summed E-state index contributed by atoms with van der Waals surface area (Å²) in [5, 5.41) is 2.79. The first-order valence-corrected chi connectivity index (χ1v) is 10.7. The summed E-state index contributed by atoms with van der Waals surface area (Å²) in [6.45, 7) is 4.41. The molecular formula is C25H25N3O5. The van der Waals surface area contributed by atoms with E-state index < -0.39 is 18.0 Å². The summed E-state index contributed by atoms with van der Waals surface area (Å²) >= 11 is 0. The number of ether oxygens (including phenoxy) is 1. The molecule has 1 atom stereocenters. The Morgan fingerprint density at radius 1 is 1.09 bits per heavy atom. The van der Waals surface area contributed by atoms with E-state index in [-0.39, 0.29) is 18.9 Å². The number of carbonyl (C=O) groups is 3. The Hall–Kier alpha value is -4.07. The lowest BCUT2D eigenvalue weighted by atomic mass is 10.1. The number of carbonyl (C=O) groups excluding carboxylic acids is 3. The molecule has 3 aromatic rings. The molecule has 1 aliphatic rings. The molecule has 1 saturated heterocycles. The van der Waals surface area contributed by atoms with Gasteiger partial charge in [-0.2, -0.15) is 0 Å². The van der Waals surface area contributed by atoms with Crippen molar-refractivity contribution in [1.82, 2.24) is 4.90 Å². The van der Waals surface area contributed by atoms with E-state index in [9.17, 15) is 14.4 Å². The minimum Gasteiger partial charge on any atom is -0.494 e. The number of amides is 4. The van der Waals surface area contributed by atoms with Gasteiger partial charge in [0.15, 0.2) is 0 Å². The number of furan rings is 1. The summed E-state index contributed by atoms with van der Waals surface area (Å²) < 4.78 is 10.8. The van der Waals surface area contributed by atoms with Crippen LogP contribution in [0, 0.1) is 6.92 Å². The van der Waals surface area contributed by atoms with E-state index in [0.29, 0.717) is 29.5 Å². The van der Waals surface area contributed by atoms with Crippen LogP contribution in [0.2, 0.25) is 0 Å². The molecule has 4 rings (SSSR count). The SMILES string of the molecule is CCOc1ccc(NC(=O)C[C@@H]2C(=O)N(c3cccc(C)c3)C(=O)N2Cc2ccco2)cc1. The van der Waals surface area contributed by atoms with Gasteiger partial charge in [0.05, 0.1) is 31.5 Å². The number of rotatable bonds is 8. The van der Waals surface area contributed by atoms with Crippen LogP contribution in [0.25, 0.3) is 0 Å². The van der Waals surface area contributed by atoms with Crippen LogP contribution in [-0.4, -0.2) is 35.4 Å². The molecule has 0 radical (unpaired) electrons. The number of anilines is 2. The predicted molar refractivity (Wildman–Crippen MR) is 123 cm³/mol. The van der Waals surface area contributed by atoms with E-state index in [4.69, 9.17) is 9.15 Å². The lowest BCUT2D eigenvalue weighted by Crippen LogP contribution is -2.37. The number of hydrogen-bond donors (Lipinski definition) is 1. The first kappa shape index (κ1) is 22.1. The lowest BCUT2D eigenvalue weighted by molar-refractivity contribution is -0.124. The second-order valence-electron chi connectivity index (χ2n) is 7.73. The van der Waals surface area contributed by atoms with Gasteiger partial charge in [-0.3, -0.25) is 9.59 Å². The van der Waals surface area contributed by atoms with Crippen molar-refractivity contribution in [3.8, 4) is 5.75 Å². The normalized spacial score (nSPS) is 15.8. The minimum atomic E-state index is -0.953. The highest BCUT2D eigenvalue weighted by molar-refractivity contribution is 6.22. The van der Waals surface area contributed by atoms with Crippen LogP contribution < -0.4 is 15.0 Å². The van der Waals surface area contributed by atoms with Crippen LogP contribution in [0.4, 0.5) is 16.2 Å². The summed E-state index contributed by atoms with van der Waals surface area (Å²) in [6.07, 6.45) is 1.32. The van der Waals surface area contributed by atoms with Gasteiger partial charge in [0, 0.05) is 5.69 Å². The van der Waals surface area contributed by atoms with Gasteiger partial charge in [0.1, 0.15) is 17.6 Å². The van der Waals surface area contributed by atoms with E-state index in [0.717, 1.165) is 10.5 Å². The van der Waals surface area contributed by atoms with Gasteiger partial charge in [-0.05, 0) is 67.9 Å². The Morgan fingerprint density at radius 3 is 2.55 bits per heavy atom. The lowest BCUT2D eigenvalue weighted by Gasteiger charge is -2.20. The fourth-order valence-electron chi connectivity index (χ4n) is 3.78. The van der Waals surface area contributed by atoms with E-state index in [1.165, 1.54) is 11.2 Å². The number of aryl methyl sites for hydroxylation is 1. The summed E-state index contributed by atoms with van der Waals surface area (Å²) in [5.41, 5.74) is 1.97. The van der Waals surface area contributed by atoms with Crippen LogP contribution in [0.1, 0.15) is 24.7 Å². The molecule has 8 heteroatoms. The van der Waals surface area contributed by atoms with E-state index >= 15 is 0 Å². The first-order chi connectivity index (χ1) is 16.0. The number of nitrogens with one attached hydrogen (secondary N) is 1. The molecule has 0 unspecified atom stereocenters. The molecule has 1 aromatic heterocycles. The maximum absolute atomic E-state index is 13.3. The average molecular weight is 447 g/mol. The van der Waals surface area contributed by atoms with Crippen molar-refractivity contribution in [2.45, 2.75) is 32.9 Å². The zero-order valence-corrected chi connectivity index (χ0v) is 18.5. The fraction of sp³-hybridized carbons (Fsp3) is 0.240. The van der Waals surface area contributed by atoms with Crippen molar-refractivity contribution >= 4 is 29.2 Å². The minimum absolute atomic E-state index is 0.0842. The quantitative estimate of drug-likeness (QED) is 0.518. The number of urea groups is 1. The zero-order valence-electron chi connectivity index (χ0n) is 18.5. The molecule has 8 nitrogen and oxygen atoms in total. The Kier molecular flexibility index (Phi) is 6.44.